The summed E-state index contributed by atoms with van der Waals surface area (Å²) in [5.74, 6) is -0.497. The van der Waals surface area contributed by atoms with Crippen LogP contribution in [0.3, 0.4) is 0 Å². The van der Waals surface area contributed by atoms with E-state index in [4.69, 9.17) is 37.0 Å². The van der Waals surface area contributed by atoms with E-state index >= 15 is 0 Å². The molecule has 113 heavy (non-hydrogen) atoms. The molecule has 3 unspecified atom stereocenters. The van der Waals surface area contributed by atoms with Crippen molar-refractivity contribution in [3.63, 3.8) is 0 Å². The number of carbonyl (C=O) groups is 4. The standard InChI is InChI=1S/C94H184O17P2/c1-7-10-12-14-16-18-20-22-24-26-28-29-31-35-39-43-47-51-58-64-70-76-91(96)104-82-89(110-93(98)78-72-67-61-53-49-45-41-37-33-32-34-38-42-46-50-57-63-69-75-87(6)9-3)84-108-112(100,101)106-80-88(95)81-107-113(102,103)109-85-90(83-105-92(97)77-71-65-59-55-54-56-62-68-74-86(4)5)111-94(99)79-73-66-60-52-48-44-40-36-30-27-25-23-21-19-17-15-13-11-8-2/h86-90,95H,7-85H2,1-6H3,(H,100,101)(H,102,103)/t87?,88-,89-,90-/m1/s1. The minimum absolute atomic E-state index is 0.109. The van der Waals surface area contributed by atoms with Gasteiger partial charge in [-0.2, -0.15) is 0 Å². The van der Waals surface area contributed by atoms with Crippen molar-refractivity contribution in [3.05, 3.63) is 0 Å². The molecule has 0 aromatic carbocycles. The maximum atomic E-state index is 13.2. The van der Waals surface area contributed by atoms with E-state index in [1.807, 2.05) is 0 Å². The lowest BCUT2D eigenvalue weighted by Crippen LogP contribution is -2.30. The zero-order valence-corrected chi connectivity index (χ0v) is 76.5. The molecule has 17 nitrogen and oxygen atoms in total. The number of phosphoric acid groups is 2. The Labute approximate surface area is 696 Å². The Bertz CT molecular complexity index is 2150. The number of rotatable bonds is 93. The van der Waals surface area contributed by atoms with Crippen LogP contribution in [0.5, 0.6) is 0 Å². The lowest BCUT2D eigenvalue weighted by Gasteiger charge is -2.21. The van der Waals surface area contributed by atoms with Gasteiger partial charge < -0.3 is 33.8 Å². The summed E-state index contributed by atoms with van der Waals surface area (Å²) in [6.07, 6.45) is 80.8. The monoisotopic (exact) mass is 1650 g/mol. The minimum Gasteiger partial charge on any atom is -0.462 e. The number of carbonyl (C=O) groups excluding carboxylic acids is 4. The van der Waals surface area contributed by atoms with E-state index in [2.05, 4.69) is 41.5 Å². The molecule has 0 radical (unpaired) electrons. The van der Waals surface area contributed by atoms with Crippen molar-refractivity contribution >= 4 is 39.5 Å². The molecule has 3 N–H and O–H groups in total. The van der Waals surface area contributed by atoms with Gasteiger partial charge in [0.05, 0.1) is 26.4 Å². The first-order valence-corrected chi connectivity index (χ1v) is 51.5. The molecule has 0 heterocycles. The maximum Gasteiger partial charge on any atom is 0.472 e. The van der Waals surface area contributed by atoms with Crippen LogP contribution in [0.1, 0.15) is 510 Å². The summed E-state index contributed by atoms with van der Waals surface area (Å²) in [5, 5.41) is 10.7. The van der Waals surface area contributed by atoms with Gasteiger partial charge in [0.15, 0.2) is 12.2 Å². The molecule has 0 saturated heterocycles. The molecule has 672 valence electrons. The molecule has 0 bridgehead atoms. The average Bonchev–Trinajstić information content (AvgIpc) is 0.894. The van der Waals surface area contributed by atoms with Crippen molar-refractivity contribution < 1.29 is 80.2 Å². The predicted molar refractivity (Wildman–Crippen MR) is 469 cm³/mol. The summed E-state index contributed by atoms with van der Waals surface area (Å²) >= 11 is 0. The second-order valence-corrected chi connectivity index (χ2v) is 37.4. The van der Waals surface area contributed by atoms with Gasteiger partial charge in [-0.1, -0.05) is 459 Å². The Kier molecular flexibility index (Phi) is 83.6. The SMILES string of the molecule is CCCCCCCCCCCCCCCCCCCCCCCC(=O)OC[C@H](COP(=O)(O)OC[C@@H](O)COP(=O)(O)OC[C@@H](COC(=O)CCCCCCCCCCC(C)C)OC(=O)CCCCCCCCCCCCCCCCCCCCC)OC(=O)CCCCCCCCCCCCCCCCCCCCC(C)CC. The molecule has 0 aliphatic heterocycles. The van der Waals surface area contributed by atoms with Gasteiger partial charge in [0, 0.05) is 25.7 Å². The summed E-state index contributed by atoms with van der Waals surface area (Å²) in [5.41, 5.74) is 0. The third kappa shape index (κ3) is 86.3. The molecule has 0 spiro atoms. The third-order valence-electron chi connectivity index (χ3n) is 22.6. The second-order valence-electron chi connectivity index (χ2n) is 34.5. The van der Waals surface area contributed by atoms with E-state index in [9.17, 15) is 43.2 Å². The number of hydrogen-bond donors (Lipinski definition) is 3. The summed E-state index contributed by atoms with van der Waals surface area (Å²) in [4.78, 5) is 73.5. The summed E-state index contributed by atoms with van der Waals surface area (Å²) in [7, 11) is -9.94. The Morgan fingerprint density at radius 3 is 0.673 bits per heavy atom. The number of aliphatic hydroxyl groups is 1. The highest BCUT2D eigenvalue weighted by molar-refractivity contribution is 7.47. The van der Waals surface area contributed by atoms with Crippen LogP contribution in [0.15, 0.2) is 0 Å². The Hall–Kier alpha value is -1.94. The molecule has 0 aromatic heterocycles. The highest BCUT2D eigenvalue weighted by Crippen LogP contribution is 2.45. The van der Waals surface area contributed by atoms with Crippen molar-refractivity contribution in [1.82, 2.24) is 0 Å². The van der Waals surface area contributed by atoms with Crippen molar-refractivity contribution in [2.75, 3.05) is 39.6 Å². The fraction of sp³-hybridized carbons (Fsp3) is 0.957. The van der Waals surface area contributed by atoms with Crippen LogP contribution in [0, 0.1) is 11.8 Å². The first-order chi connectivity index (χ1) is 54.9. The van der Waals surface area contributed by atoms with E-state index in [1.54, 1.807) is 0 Å². The smallest absolute Gasteiger partial charge is 0.462 e. The summed E-state index contributed by atoms with van der Waals surface area (Å²) in [6.45, 7) is 9.75. The van der Waals surface area contributed by atoms with Crippen molar-refractivity contribution in [2.24, 2.45) is 11.8 Å². The van der Waals surface area contributed by atoms with Gasteiger partial charge in [-0.05, 0) is 37.5 Å². The van der Waals surface area contributed by atoms with Gasteiger partial charge >= 0.3 is 39.5 Å². The van der Waals surface area contributed by atoms with Crippen LogP contribution in [0.4, 0.5) is 0 Å². The average molecular weight is 1650 g/mol. The number of aliphatic hydroxyl groups excluding tert-OH is 1. The zero-order chi connectivity index (χ0) is 82.7. The van der Waals surface area contributed by atoms with Gasteiger partial charge in [-0.15, -0.1) is 0 Å². The van der Waals surface area contributed by atoms with Crippen LogP contribution >= 0.6 is 15.6 Å². The van der Waals surface area contributed by atoms with E-state index in [0.717, 1.165) is 102 Å². The number of phosphoric ester groups is 2. The quantitative estimate of drug-likeness (QED) is 0.0222. The zero-order valence-electron chi connectivity index (χ0n) is 74.7. The summed E-state index contributed by atoms with van der Waals surface area (Å²) in [6, 6.07) is 0. The Morgan fingerprint density at radius 1 is 0.257 bits per heavy atom. The van der Waals surface area contributed by atoms with Gasteiger partial charge in [0.25, 0.3) is 0 Å². The first-order valence-electron chi connectivity index (χ1n) is 48.5. The molecule has 0 aliphatic carbocycles. The molecule has 0 amide bonds. The highest BCUT2D eigenvalue weighted by Gasteiger charge is 2.31. The van der Waals surface area contributed by atoms with E-state index in [1.165, 1.54) is 327 Å². The molecule has 6 atom stereocenters. The fourth-order valence-corrected chi connectivity index (χ4v) is 16.4. The van der Waals surface area contributed by atoms with Gasteiger partial charge in [0.1, 0.15) is 19.3 Å². The number of esters is 4. The van der Waals surface area contributed by atoms with E-state index in [-0.39, 0.29) is 25.7 Å². The largest absolute Gasteiger partial charge is 0.472 e. The number of unbranched alkanes of at least 4 members (excludes halogenated alkanes) is 62. The lowest BCUT2D eigenvalue weighted by molar-refractivity contribution is -0.161. The van der Waals surface area contributed by atoms with Crippen molar-refractivity contribution in [2.45, 2.75) is 529 Å². The Morgan fingerprint density at radius 2 is 0.451 bits per heavy atom. The second kappa shape index (κ2) is 85.1. The molecule has 0 fully saturated rings. The van der Waals surface area contributed by atoms with Crippen molar-refractivity contribution in [1.29, 1.82) is 0 Å². The third-order valence-corrected chi connectivity index (χ3v) is 24.5. The lowest BCUT2D eigenvalue weighted by atomic mass is 9.99. The highest BCUT2D eigenvalue weighted by atomic mass is 31.2. The van der Waals surface area contributed by atoms with Crippen LogP contribution in [-0.4, -0.2) is 96.7 Å². The normalized spacial score (nSPS) is 13.9. The van der Waals surface area contributed by atoms with E-state index in [0.29, 0.717) is 25.7 Å². The number of ether oxygens (including phenoxy) is 4. The molecule has 19 heteroatoms. The Balaban J connectivity index is 5.23. The van der Waals surface area contributed by atoms with E-state index < -0.39 is 97.5 Å². The van der Waals surface area contributed by atoms with Crippen LogP contribution in [-0.2, 0) is 65.4 Å². The van der Waals surface area contributed by atoms with Crippen LogP contribution in [0.25, 0.3) is 0 Å². The topological polar surface area (TPSA) is 237 Å². The molecule has 0 aliphatic rings. The van der Waals surface area contributed by atoms with Crippen LogP contribution < -0.4 is 0 Å². The van der Waals surface area contributed by atoms with Crippen LogP contribution in [0.2, 0.25) is 0 Å². The van der Waals surface area contributed by atoms with Gasteiger partial charge in [-0.3, -0.25) is 37.3 Å². The van der Waals surface area contributed by atoms with Crippen molar-refractivity contribution in [3.8, 4) is 0 Å². The summed E-state index contributed by atoms with van der Waals surface area (Å²) < 4.78 is 69.1. The van der Waals surface area contributed by atoms with Gasteiger partial charge in [-0.25, -0.2) is 9.13 Å². The molecular weight excluding hydrogens is 1460 g/mol. The number of hydrogen-bond acceptors (Lipinski definition) is 15. The molecular formula is C94H184O17P2. The van der Waals surface area contributed by atoms with Gasteiger partial charge in [0.2, 0.25) is 0 Å². The molecule has 0 aromatic rings. The molecule has 0 rings (SSSR count). The first kappa shape index (κ1) is 111. The molecule has 0 saturated carbocycles. The predicted octanol–water partition coefficient (Wildman–Crippen LogP) is 29.4. The maximum absolute atomic E-state index is 13.2. The fourth-order valence-electron chi connectivity index (χ4n) is 14.8. The minimum atomic E-state index is -4.97.